The number of aliphatic hydroxyl groups excluding tert-OH is 1. The van der Waals surface area contributed by atoms with Crippen molar-refractivity contribution in [1.29, 1.82) is 0 Å². The molecule has 2 atom stereocenters. The Morgan fingerprint density at radius 1 is 1.13 bits per heavy atom. The van der Waals surface area contributed by atoms with E-state index < -0.39 is 0 Å². The highest BCUT2D eigenvalue weighted by atomic mass is 16.3. The number of hydrogen-bond acceptors (Lipinski definition) is 5. The summed E-state index contributed by atoms with van der Waals surface area (Å²) in [4.78, 5) is 21.1. The van der Waals surface area contributed by atoms with Crippen molar-refractivity contribution in [3.63, 3.8) is 0 Å². The highest BCUT2D eigenvalue weighted by Gasteiger charge is 2.30. The van der Waals surface area contributed by atoms with Crippen LogP contribution in [0.15, 0.2) is 54.9 Å². The molecule has 0 unspecified atom stereocenters. The molecule has 3 heterocycles. The highest BCUT2D eigenvalue weighted by molar-refractivity contribution is 5.98. The van der Waals surface area contributed by atoms with Crippen LogP contribution in [-0.4, -0.2) is 48.5 Å². The van der Waals surface area contributed by atoms with Crippen molar-refractivity contribution in [2.24, 2.45) is 5.92 Å². The number of carbonyl (C=O) groups is 1. The molecule has 7 heteroatoms. The number of likely N-dealkylation sites (tertiary alicyclic amines) is 1. The molecule has 7 nitrogen and oxygen atoms in total. The summed E-state index contributed by atoms with van der Waals surface area (Å²) in [5, 5.41) is 17.6. The second-order valence-corrected chi connectivity index (χ2v) is 7.36. The quantitative estimate of drug-likeness (QED) is 0.682. The van der Waals surface area contributed by atoms with Crippen molar-refractivity contribution >= 4 is 5.91 Å². The maximum atomic E-state index is 13.4. The fraction of sp³-hybridized carbons (Fsp3) is 0.304. The summed E-state index contributed by atoms with van der Waals surface area (Å²) in [6.07, 6.45) is 5.00. The van der Waals surface area contributed by atoms with Gasteiger partial charge in [-0.3, -0.25) is 4.79 Å². The van der Waals surface area contributed by atoms with Crippen LogP contribution >= 0.6 is 0 Å². The number of benzene rings is 1. The van der Waals surface area contributed by atoms with Crippen molar-refractivity contribution in [2.45, 2.75) is 32.4 Å². The summed E-state index contributed by atoms with van der Waals surface area (Å²) < 4.78 is 0. The molecule has 1 amide bonds. The summed E-state index contributed by atoms with van der Waals surface area (Å²) in [6.45, 7) is 2.53. The molecule has 0 radical (unpaired) electrons. The van der Waals surface area contributed by atoms with Crippen LogP contribution in [-0.2, 0) is 6.61 Å². The molecule has 0 spiro atoms. The molecular weight excluding hydrogens is 378 g/mol. The van der Waals surface area contributed by atoms with E-state index in [0.717, 1.165) is 12.8 Å². The number of para-hydroxylation sites is 1. The predicted octanol–water partition coefficient (Wildman–Crippen LogP) is 2.45. The number of rotatable bonds is 3. The smallest absolute Gasteiger partial charge is 0.256 e. The third-order valence-electron chi connectivity index (χ3n) is 5.28. The second kappa shape index (κ2) is 8.89. The van der Waals surface area contributed by atoms with Crippen molar-refractivity contribution < 1.29 is 9.90 Å². The SMILES string of the molecule is C[C@@H]1CC[C@@H](C#Cc2cccc(CO)n2)CN1C(=O)c1ccccc1-n1nccn1. The minimum atomic E-state index is -0.108. The van der Waals surface area contributed by atoms with Gasteiger partial charge in [0.25, 0.3) is 5.91 Å². The summed E-state index contributed by atoms with van der Waals surface area (Å²) in [5.41, 5.74) is 2.47. The number of pyridine rings is 1. The Kier molecular flexibility index (Phi) is 5.87. The summed E-state index contributed by atoms with van der Waals surface area (Å²) in [7, 11) is 0. The van der Waals surface area contributed by atoms with Gasteiger partial charge in [-0.2, -0.15) is 15.0 Å². The van der Waals surface area contributed by atoms with E-state index in [2.05, 4.69) is 33.9 Å². The van der Waals surface area contributed by atoms with Gasteiger partial charge in [0, 0.05) is 18.5 Å². The lowest BCUT2D eigenvalue weighted by Crippen LogP contribution is -2.45. The first kappa shape index (κ1) is 19.8. The molecule has 4 rings (SSSR count). The Balaban J connectivity index is 1.55. The van der Waals surface area contributed by atoms with Crippen LogP contribution in [0.2, 0.25) is 0 Å². The lowest BCUT2D eigenvalue weighted by molar-refractivity contribution is 0.0598. The molecule has 0 aliphatic carbocycles. The van der Waals surface area contributed by atoms with Gasteiger partial charge >= 0.3 is 0 Å². The third kappa shape index (κ3) is 4.24. The number of hydrogen-bond donors (Lipinski definition) is 1. The summed E-state index contributed by atoms with van der Waals surface area (Å²) in [5.74, 6) is 6.40. The van der Waals surface area contributed by atoms with Crippen LogP contribution in [0, 0.1) is 17.8 Å². The first-order chi connectivity index (χ1) is 14.7. The monoisotopic (exact) mass is 401 g/mol. The van der Waals surface area contributed by atoms with Gasteiger partial charge in [-0.05, 0) is 50.0 Å². The molecule has 1 N–H and O–H groups in total. The van der Waals surface area contributed by atoms with E-state index in [1.807, 2.05) is 41.3 Å². The maximum absolute atomic E-state index is 13.4. The summed E-state index contributed by atoms with van der Waals surface area (Å²) >= 11 is 0. The molecule has 1 aliphatic heterocycles. The molecule has 0 saturated carbocycles. The van der Waals surface area contributed by atoms with E-state index >= 15 is 0 Å². The van der Waals surface area contributed by atoms with Gasteiger partial charge < -0.3 is 10.0 Å². The molecule has 152 valence electrons. The van der Waals surface area contributed by atoms with E-state index in [9.17, 15) is 9.90 Å². The van der Waals surface area contributed by atoms with Crippen LogP contribution in [0.5, 0.6) is 0 Å². The van der Waals surface area contributed by atoms with Crippen molar-refractivity contribution in [1.82, 2.24) is 24.9 Å². The Bertz CT molecular complexity index is 1080. The molecule has 1 fully saturated rings. The van der Waals surface area contributed by atoms with Gasteiger partial charge in [0.2, 0.25) is 0 Å². The topological polar surface area (TPSA) is 84.1 Å². The molecule has 2 aromatic heterocycles. The largest absolute Gasteiger partial charge is 0.390 e. The zero-order valence-corrected chi connectivity index (χ0v) is 16.8. The average Bonchev–Trinajstić information content (AvgIpc) is 3.33. The van der Waals surface area contributed by atoms with E-state index in [-0.39, 0.29) is 24.5 Å². The Morgan fingerprint density at radius 3 is 2.73 bits per heavy atom. The maximum Gasteiger partial charge on any atom is 0.256 e. The van der Waals surface area contributed by atoms with E-state index in [0.29, 0.717) is 29.2 Å². The first-order valence-corrected chi connectivity index (χ1v) is 10.0. The van der Waals surface area contributed by atoms with E-state index in [4.69, 9.17) is 0 Å². The van der Waals surface area contributed by atoms with E-state index in [1.54, 1.807) is 18.5 Å². The number of amides is 1. The summed E-state index contributed by atoms with van der Waals surface area (Å²) in [6, 6.07) is 12.9. The van der Waals surface area contributed by atoms with Gasteiger partial charge in [-0.25, -0.2) is 4.98 Å². The third-order valence-corrected chi connectivity index (χ3v) is 5.28. The normalized spacial score (nSPS) is 18.5. The number of carbonyl (C=O) groups excluding carboxylic acids is 1. The van der Waals surface area contributed by atoms with Crippen molar-refractivity contribution in [2.75, 3.05) is 6.54 Å². The lowest BCUT2D eigenvalue weighted by atomic mass is 9.93. The molecule has 1 aromatic carbocycles. The Morgan fingerprint density at radius 2 is 1.93 bits per heavy atom. The molecule has 30 heavy (non-hydrogen) atoms. The standard InChI is InChI=1S/C23H23N5O2/c1-17-9-10-18(11-12-19-5-4-6-20(16-29)26-19)15-27(17)23(30)21-7-2-3-8-22(21)28-24-13-14-25-28/h2-8,13-14,17-18,29H,9-10,15-16H2,1H3/t17-,18+/m1/s1. The van der Waals surface area contributed by atoms with Gasteiger partial charge in [0.15, 0.2) is 0 Å². The predicted molar refractivity (Wildman–Crippen MR) is 112 cm³/mol. The van der Waals surface area contributed by atoms with Gasteiger partial charge in [-0.15, -0.1) is 0 Å². The van der Waals surface area contributed by atoms with Crippen molar-refractivity contribution in [3.8, 4) is 17.5 Å². The minimum absolute atomic E-state index is 0.0395. The fourth-order valence-electron chi connectivity index (χ4n) is 3.64. The van der Waals surface area contributed by atoms with Crippen LogP contribution in [0.3, 0.4) is 0 Å². The zero-order valence-electron chi connectivity index (χ0n) is 16.8. The molecule has 1 aliphatic rings. The molecule has 0 bridgehead atoms. The van der Waals surface area contributed by atoms with Gasteiger partial charge in [-0.1, -0.05) is 24.1 Å². The number of aromatic nitrogens is 4. The number of piperidine rings is 1. The van der Waals surface area contributed by atoms with Gasteiger partial charge in [0.05, 0.1) is 35.9 Å². The Labute approximate surface area is 175 Å². The molecule has 3 aromatic rings. The van der Waals surface area contributed by atoms with Crippen LogP contribution < -0.4 is 0 Å². The molecule has 1 saturated heterocycles. The van der Waals surface area contributed by atoms with Crippen LogP contribution in [0.4, 0.5) is 0 Å². The average molecular weight is 401 g/mol. The van der Waals surface area contributed by atoms with Crippen molar-refractivity contribution in [3.05, 3.63) is 71.8 Å². The van der Waals surface area contributed by atoms with E-state index in [1.165, 1.54) is 4.80 Å². The minimum Gasteiger partial charge on any atom is -0.390 e. The zero-order chi connectivity index (χ0) is 20.9. The molecular formula is C23H23N5O2. The highest BCUT2D eigenvalue weighted by Crippen LogP contribution is 2.25. The second-order valence-electron chi connectivity index (χ2n) is 7.36. The lowest BCUT2D eigenvalue weighted by Gasteiger charge is -2.36. The number of nitrogens with zero attached hydrogens (tertiary/aromatic N) is 5. The van der Waals surface area contributed by atoms with Crippen LogP contribution in [0.25, 0.3) is 5.69 Å². The van der Waals surface area contributed by atoms with Gasteiger partial charge in [0.1, 0.15) is 5.69 Å². The number of aliphatic hydroxyl groups is 1. The van der Waals surface area contributed by atoms with Crippen LogP contribution in [0.1, 0.15) is 41.5 Å². The first-order valence-electron chi connectivity index (χ1n) is 10.0. The fourth-order valence-corrected chi connectivity index (χ4v) is 3.64. The Hall–Kier alpha value is -3.50.